The zero-order valence-corrected chi connectivity index (χ0v) is 13.2. The van der Waals surface area contributed by atoms with Gasteiger partial charge < -0.3 is 4.52 Å². The van der Waals surface area contributed by atoms with E-state index in [1.807, 2.05) is 25.1 Å². The van der Waals surface area contributed by atoms with Crippen molar-refractivity contribution in [3.63, 3.8) is 0 Å². The fraction of sp³-hybridized carbons (Fsp3) is 0.200. The summed E-state index contributed by atoms with van der Waals surface area (Å²) in [4.78, 5) is 4.49. The van der Waals surface area contributed by atoms with E-state index in [1.54, 1.807) is 26.0 Å². The molecule has 0 aliphatic rings. The van der Waals surface area contributed by atoms with Gasteiger partial charge in [0.1, 0.15) is 5.69 Å². The van der Waals surface area contributed by atoms with Gasteiger partial charge in [-0.2, -0.15) is 0 Å². The van der Waals surface area contributed by atoms with Crippen LogP contribution in [0.25, 0.3) is 10.9 Å². The van der Waals surface area contributed by atoms with Crippen molar-refractivity contribution in [2.45, 2.75) is 25.7 Å². The Bertz CT molecular complexity index is 942. The number of fused-ring (bicyclic) bond motifs is 1. The number of rotatable bonds is 3. The maximum atomic E-state index is 12.6. The van der Waals surface area contributed by atoms with Crippen LogP contribution in [-0.2, 0) is 10.0 Å². The molecule has 2 aromatic heterocycles. The number of pyridine rings is 1. The number of aromatic nitrogens is 2. The van der Waals surface area contributed by atoms with Crippen molar-refractivity contribution in [1.82, 2.24) is 10.1 Å². The fourth-order valence-corrected chi connectivity index (χ4v) is 3.78. The lowest BCUT2D eigenvalue weighted by atomic mass is 10.2. The van der Waals surface area contributed by atoms with Gasteiger partial charge in [-0.25, -0.2) is 8.42 Å². The topological polar surface area (TPSA) is 85.1 Å². The molecule has 0 bridgehead atoms. The monoisotopic (exact) mass is 317 g/mol. The molecule has 3 rings (SSSR count). The van der Waals surface area contributed by atoms with Crippen molar-refractivity contribution in [1.29, 1.82) is 0 Å². The van der Waals surface area contributed by atoms with Crippen molar-refractivity contribution in [2.24, 2.45) is 0 Å². The molecule has 0 fully saturated rings. The van der Waals surface area contributed by atoms with Gasteiger partial charge in [-0.15, -0.1) is 0 Å². The molecule has 0 unspecified atom stereocenters. The molecular formula is C15H15N3O3S. The van der Waals surface area contributed by atoms with Gasteiger partial charge >= 0.3 is 0 Å². The highest BCUT2D eigenvalue weighted by Crippen LogP contribution is 2.26. The molecule has 0 radical (unpaired) electrons. The lowest BCUT2D eigenvalue weighted by Crippen LogP contribution is -2.15. The van der Waals surface area contributed by atoms with Gasteiger partial charge in [0, 0.05) is 11.1 Å². The first kappa shape index (κ1) is 14.5. The molecule has 1 aromatic carbocycles. The third-order valence-electron chi connectivity index (χ3n) is 3.34. The first-order valence-corrected chi connectivity index (χ1v) is 8.19. The highest BCUT2D eigenvalue weighted by Gasteiger charge is 2.25. The van der Waals surface area contributed by atoms with Crippen molar-refractivity contribution >= 4 is 26.6 Å². The Labute approximate surface area is 128 Å². The predicted molar refractivity (Wildman–Crippen MR) is 83.3 cm³/mol. The van der Waals surface area contributed by atoms with Gasteiger partial charge in [-0.05, 0) is 32.9 Å². The molecule has 0 saturated carbocycles. The molecule has 3 aromatic rings. The van der Waals surface area contributed by atoms with E-state index in [2.05, 4.69) is 14.9 Å². The van der Waals surface area contributed by atoms with Crippen LogP contribution in [0.4, 0.5) is 5.69 Å². The van der Waals surface area contributed by atoms with Crippen LogP contribution in [-0.4, -0.2) is 18.6 Å². The first-order chi connectivity index (χ1) is 10.4. The van der Waals surface area contributed by atoms with Crippen molar-refractivity contribution in [2.75, 3.05) is 4.72 Å². The van der Waals surface area contributed by atoms with Crippen molar-refractivity contribution in [3.8, 4) is 0 Å². The summed E-state index contributed by atoms with van der Waals surface area (Å²) in [6.07, 6.45) is 0. The number of hydrogen-bond acceptors (Lipinski definition) is 5. The van der Waals surface area contributed by atoms with E-state index in [-0.39, 0.29) is 10.7 Å². The van der Waals surface area contributed by atoms with Crippen LogP contribution in [0.1, 0.15) is 17.1 Å². The van der Waals surface area contributed by atoms with E-state index in [4.69, 9.17) is 4.52 Å². The van der Waals surface area contributed by atoms with Gasteiger partial charge in [0.15, 0.2) is 10.7 Å². The SMILES string of the molecule is Cc1ccc2cccc(NS(=O)(=O)c3c(C)noc3C)c2n1. The normalized spacial score (nSPS) is 11.8. The second-order valence-corrected chi connectivity index (χ2v) is 6.71. The number of nitrogens with zero attached hydrogens (tertiary/aromatic N) is 2. The quantitative estimate of drug-likeness (QED) is 0.802. The predicted octanol–water partition coefficient (Wildman–Crippen LogP) is 2.95. The van der Waals surface area contributed by atoms with E-state index in [9.17, 15) is 8.42 Å². The van der Waals surface area contributed by atoms with Gasteiger partial charge in [0.2, 0.25) is 0 Å². The number of para-hydroxylation sites is 1. The molecule has 22 heavy (non-hydrogen) atoms. The van der Waals surface area contributed by atoms with E-state index in [0.29, 0.717) is 16.9 Å². The molecule has 0 spiro atoms. The fourth-order valence-electron chi connectivity index (χ4n) is 2.38. The Kier molecular flexibility index (Phi) is 3.37. The lowest BCUT2D eigenvalue weighted by molar-refractivity contribution is 0.390. The Morgan fingerprint density at radius 2 is 1.86 bits per heavy atom. The molecular weight excluding hydrogens is 302 g/mol. The largest absolute Gasteiger partial charge is 0.360 e. The van der Waals surface area contributed by atoms with Gasteiger partial charge in [0.05, 0.1) is 11.2 Å². The summed E-state index contributed by atoms with van der Waals surface area (Å²) in [7, 11) is -3.78. The smallest absolute Gasteiger partial charge is 0.267 e. The molecule has 0 atom stereocenters. The molecule has 0 amide bonds. The van der Waals surface area contributed by atoms with Gasteiger partial charge in [-0.3, -0.25) is 9.71 Å². The summed E-state index contributed by atoms with van der Waals surface area (Å²) in [5, 5.41) is 4.56. The van der Waals surface area contributed by atoms with E-state index in [0.717, 1.165) is 11.1 Å². The maximum Gasteiger partial charge on any atom is 0.267 e. The molecule has 0 aliphatic heterocycles. The van der Waals surface area contributed by atoms with Crippen molar-refractivity contribution in [3.05, 3.63) is 47.5 Å². The van der Waals surface area contributed by atoms with Gasteiger partial charge in [-0.1, -0.05) is 23.4 Å². The van der Waals surface area contributed by atoms with Crippen LogP contribution in [0.15, 0.2) is 39.8 Å². The third-order valence-corrected chi connectivity index (χ3v) is 4.95. The minimum atomic E-state index is -3.78. The number of hydrogen-bond donors (Lipinski definition) is 1. The lowest BCUT2D eigenvalue weighted by Gasteiger charge is -2.10. The zero-order chi connectivity index (χ0) is 15.9. The molecule has 7 heteroatoms. The summed E-state index contributed by atoms with van der Waals surface area (Å²) in [5.74, 6) is 0.259. The second-order valence-electron chi connectivity index (χ2n) is 5.09. The summed E-state index contributed by atoms with van der Waals surface area (Å²) in [6.45, 7) is 5.02. The Balaban J connectivity index is 2.12. The minimum absolute atomic E-state index is 0.0668. The molecule has 0 saturated heterocycles. The summed E-state index contributed by atoms with van der Waals surface area (Å²) in [5.41, 5.74) is 2.19. The Morgan fingerprint density at radius 1 is 1.09 bits per heavy atom. The summed E-state index contributed by atoms with van der Waals surface area (Å²) in [6, 6.07) is 9.14. The summed E-state index contributed by atoms with van der Waals surface area (Å²) >= 11 is 0. The van der Waals surface area contributed by atoms with Crippen molar-refractivity contribution < 1.29 is 12.9 Å². The number of nitrogens with one attached hydrogen (secondary N) is 1. The van der Waals surface area contributed by atoms with E-state index < -0.39 is 10.0 Å². The molecule has 114 valence electrons. The van der Waals surface area contributed by atoms with Crippen LogP contribution in [0, 0.1) is 20.8 Å². The van der Waals surface area contributed by atoms with Crippen LogP contribution in [0.3, 0.4) is 0 Å². The van der Waals surface area contributed by atoms with Crippen LogP contribution >= 0.6 is 0 Å². The average Bonchev–Trinajstić information content (AvgIpc) is 2.79. The molecule has 2 heterocycles. The Hall–Kier alpha value is -2.41. The number of benzene rings is 1. The second kappa shape index (κ2) is 5.10. The molecule has 6 nitrogen and oxygen atoms in total. The number of aryl methyl sites for hydroxylation is 3. The number of anilines is 1. The van der Waals surface area contributed by atoms with Gasteiger partial charge in [0.25, 0.3) is 10.0 Å². The van der Waals surface area contributed by atoms with Crippen LogP contribution in [0.5, 0.6) is 0 Å². The standard InChI is InChI=1S/C15H15N3O3S/c1-9-7-8-12-5-4-6-13(14(12)16-9)18-22(19,20)15-10(2)17-21-11(15)3/h4-8,18H,1-3H3. The minimum Gasteiger partial charge on any atom is -0.360 e. The molecule has 0 aliphatic carbocycles. The molecule has 1 N–H and O–H groups in total. The van der Waals surface area contributed by atoms with E-state index >= 15 is 0 Å². The summed E-state index contributed by atoms with van der Waals surface area (Å²) < 4.78 is 32.7. The third kappa shape index (κ3) is 2.43. The average molecular weight is 317 g/mol. The zero-order valence-electron chi connectivity index (χ0n) is 12.4. The maximum absolute atomic E-state index is 12.6. The van der Waals surface area contributed by atoms with Crippen LogP contribution < -0.4 is 4.72 Å². The highest BCUT2D eigenvalue weighted by molar-refractivity contribution is 7.92. The number of sulfonamides is 1. The Morgan fingerprint density at radius 3 is 2.55 bits per heavy atom. The van der Waals surface area contributed by atoms with Crippen LogP contribution in [0.2, 0.25) is 0 Å². The van der Waals surface area contributed by atoms with E-state index in [1.165, 1.54) is 0 Å². The highest BCUT2D eigenvalue weighted by atomic mass is 32.2. The first-order valence-electron chi connectivity index (χ1n) is 6.70.